The van der Waals surface area contributed by atoms with Crippen molar-refractivity contribution in [1.29, 1.82) is 0 Å². The van der Waals surface area contributed by atoms with Gasteiger partial charge < -0.3 is 10.5 Å². The van der Waals surface area contributed by atoms with Gasteiger partial charge in [-0.05, 0) is 22.9 Å². The Kier molecular flexibility index (Phi) is 3.46. The Morgan fingerprint density at radius 1 is 1.44 bits per heavy atom. The van der Waals surface area contributed by atoms with Crippen LogP contribution in [-0.2, 0) is 4.74 Å². The van der Waals surface area contributed by atoms with Gasteiger partial charge in [0.15, 0.2) is 6.33 Å². The van der Waals surface area contributed by atoms with Gasteiger partial charge >= 0.3 is 6.09 Å². The molecule has 18 heavy (non-hydrogen) atoms. The van der Waals surface area contributed by atoms with Crippen molar-refractivity contribution in [3.05, 3.63) is 42.0 Å². The Morgan fingerprint density at radius 3 is 2.72 bits per heavy atom. The standard InChI is InChI=1S/C10H10FN5O2/c11-8-3-1-7(2-4-8)9(5-18-10(12)17)16-14-6-13-15-16/h1-4,6,9H,5H2,(H2,12,17). The monoisotopic (exact) mass is 251 g/mol. The smallest absolute Gasteiger partial charge is 0.404 e. The molecule has 1 heterocycles. The second-order valence-electron chi connectivity index (χ2n) is 3.45. The largest absolute Gasteiger partial charge is 0.447 e. The third-order valence-electron chi connectivity index (χ3n) is 2.28. The molecule has 1 atom stereocenters. The zero-order valence-electron chi connectivity index (χ0n) is 9.23. The maximum absolute atomic E-state index is 12.9. The van der Waals surface area contributed by atoms with E-state index in [0.29, 0.717) is 5.56 Å². The summed E-state index contributed by atoms with van der Waals surface area (Å²) in [4.78, 5) is 11.9. The zero-order chi connectivity index (χ0) is 13.0. The number of carbonyl (C=O) groups excluding carboxylic acids is 1. The first-order chi connectivity index (χ1) is 8.66. The van der Waals surface area contributed by atoms with Gasteiger partial charge in [-0.25, -0.2) is 9.18 Å². The lowest BCUT2D eigenvalue weighted by Gasteiger charge is -2.15. The number of hydrogen-bond acceptors (Lipinski definition) is 5. The Hall–Kier alpha value is -2.51. The van der Waals surface area contributed by atoms with E-state index in [4.69, 9.17) is 10.5 Å². The summed E-state index contributed by atoms with van der Waals surface area (Å²) >= 11 is 0. The molecule has 94 valence electrons. The number of aromatic nitrogens is 4. The second-order valence-corrected chi connectivity index (χ2v) is 3.45. The maximum atomic E-state index is 12.9. The highest BCUT2D eigenvalue weighted by Crippen LogP contribution is 2.17. The van der Waals surface area contributed by atoms with Gasteiger partial charge in [-0.3, -0.25) is 0 Å². The molecule has 0 aliphatic carbocycles. The van der Waals surface area contributed by atoms with Crippen LogP contribution in [0.15, 0.2) is 30.6 Å². The molecular weight excluding hydrogens is 241 g/mol. The quantitative estimate of drug-likeness (QED) is 0.853. The molecule has 0 spiro atoms. The van der Waals surface area contributed by atoms with Gasteiger partial charge in [0.1, 0.15) is 18.5 Å². The van der Waals surface area contributed by atoms with E-state index < -0.39 is 12.1 Å². The Labute approximate surface area is 101 Å². The molecule has 0 aliphatic rings. The summed E-state index contributed by atoms with van der Waals surface area (Å²) in [5, 5.41) is 11.2. The number of carbonyl (C=O) groups is 1. The highest BCUT2D eigenvalue weighted by atomic mass is 19.1. The first-order valence-corrected chi connectivity index (χ1v) is 5.07. The van der Waals surface area contributed by atoms with Gasteiger partial charge in [-0.2, -0.15) is 4.80 Å². The van der Waals surface area contributed by atoms with Crippen LogP contribution in [0.1, 0.15) is 11.6 Å². The van der Waals surface area contributed by atoms with E-state index in [-0.39, 0.29) is 12.4 Å². The summed E-state index contributed by atoms with van der Waals surface area (Å²) in [6.45, 7) is -0.0582. The number of nitrogens with two attached hydrogens (primary N) is 1. The van der Waals surface area contributed by atoms with Crippen LogP contribution in [0.25, 0.3) is 0 Å². The molecule has 1 aromatic carbocycles. The van der Waals surface area contributed by atoms with Crippen molar-refractivity contribution in [3.8, 4) is 0 Å². The van der Waals surface area contributed by atoms with Crippen molar-refractivity contribution >= 4 is 6.09 Å². The SMILES string of the molecule is NC(=O)OCC(c1ccc(F)cc1)n1ncnn1. The van der Waals surface area contributed by atoms with E-state index in [0.717, 1.165) is 0 Å². The number of nitrogens with zero attached hydrogens (tertiary/aromatic N) is 4. The first kappa shape index (κ1) is 12.0. The highest BCUT2D eigenvalue weighted by Gasteiger charge is 2.17. The minimum Gasteiger partial charge on any atom is -0.447 e. The minimum atomic E-state index is -0.901. The molecule has 1 amide bonds. The van der Waals surface area contributed by atoms with Crippen LogP contribution < -0.4 is 5.73 Å². The highest BCUT2D eigenvalue weighted by molar-refractivity contribution is 5.64. The Bertz CT molecular complexity index is 514. The molecule has 0 saturated carbocycles. The van der Waals surface area contributed by atoms with Crippen molar-refractivity contribution in [2.45, 2.75) is 6.04 Å². The van der Waals surface area contributed by atoms with Crippen molar-refractivity contribution < 1.29 is 13.9 Å². The number of amides is 1. The Morgan fingerprint density at radius 2 is 2.17 bits per heavy atom. The van der Waals surface area contributed by atoms with E-state index in [2.05, 4.69) is 15.4 Å². The molecule has 2 N–H and O–H groups in total. The summed E-state index contributed by atoms with van der Waals surface area (Å²) in [6.07, 6.45) is 0.350. The third kappa shape index (κ3) is 2.78. The van der Waals surface area contributed by atoms with E-state index in [9.17, 15) is 9.18 Å². The number of tetrazole rings is 1. The average molecular weight is 251 g/mol. The molecule has 8 heteroatoms. The van der Waals surface area contributed by atoms with Crippen molar-refractivity contribution in [2.24, 2.45) is 5.73 Å². The van der Waals surface area contributed by atoms with Gasteiger partial charge in [0, 0.05) is 0 Å². The molecule has 0 fully saturated rings. The van der Waals surface area contributed by atoms with E-state index in [1.54, 1.807) is 12.1 Å². The zero-order valence-corrected chi connectivity index (χ0v) is 9.23. The van der Waals surface area contributed by atoms with Crippen molar-refractivity contribution in [3.63, 3.8) is 0 Å². The lowest BCUT2D eigenvalue weighted by molar-refractivity contribution is 0.139. The lowest BCUT2D eigenvalue weighted by atomic mass is 10.1. The fraction of sp³-hybridized carbons (Fsp3) is 0.200. The van der Waals surface area contributed by atoms with Gasteiger partial charge in [0.05, 0.1) is 0 Å². The third-order valence-corrected chi connectivity index (χ3v) is 2.28. The topological polar surface area (TPSA) is 95.9 Å². The van der Waals surface area contributed by atoms with Crippen LogP contribution in [0, 0.1) is 5.82 Å². The lowest BCUT2D eigenvalue weighted by Crippen LogP contribution is -2.24. The van der Waals surface area contributed by atoms with E-state index in [1.807, 2.05) is 0 Å². The molecule has 2 aromatic rings. The number of halogens is 1. The summed E-state index contributed by atoms with van der Waals surface area (Å²) in [5.41, 5.74) is 5.59. The molecule has 2 rings (SSSR count). The fourth-order valence-electron chi connectivity index (χ4n) is 1.46. The van der Waals surface area contributed by atoms with Crippen LogP contribution in [0.3, 0.4) is 0 Å². The fourth-order valence-corrected chi connectivity index (χ4v) is 1.46. The molecule has 1 aromatic heterocycles. The van der Waals surface area contributed by atoms with Crippen LogP contribution >= 0.6 is 0 Å². The van der Waals surface area contributed by atoms with Gasteiger partial charge in [0.2, 0.25) is 0 Å². The van der Waals surface area contributed by atoms with Crippen LogP contribution in [-0.4, -0.2) is 32.9 Å². The van der Waals surface area contributed by atoms with Crippen LogP contribution in [0.2, 0.25) is 0 Å². The summed E-state index contributed by atoms with van der Waals surface area (Å²) in [5.74, 6) is -0.361. The first-order valence-electron chi connectivity index (χ1n) is 5.07. The molecular formula is C10H10FN5O2. The molecule has 1 unspecified atom stereocenters. The van der Waals surface area contributed by atoms with E-state index in [1.165, 1.54) is 23.3 Å². The summed E-state index contributed by atoms with van der Waals surface area (Å²) in [7, 11) is 0. The maximum Gasteiger partial charge on any atom is 0.404 e. The van der Waals surface area contributed by atoms with Gasteiger partial charge in [0.25, 0.3) is 0 Å². The minimum absolute atomic E-state index is 0.0582. The number of primary amides is 1. The normalized spacial score (nSPS) is 12.1. The molecule has 0 bridgehead atoms. The van der Waals surface area contributed by atoms with E-state index >= 15 is 0 Å². The van der Waals surface area contributed by atoms with Gasteiger partial charge in [-0.15, -0.1) is 10.2 Å². The predicted octanol–water partition coefficient (Wildman–Crippen LogP) is 0.497. The summed E-state index contributed by atoms with van der Waals surface area (Å²) < 4.78 is 17.6. The average Bonchev–Trinajstić information content (AvgIpc) is 2.85. The molecule has 0 radical (unpaired) electrons. The van der Waals surface area contributed by atoms with Crippen molar-refractivity contribution in [1.82, 2.24) is 20.2 Å². The number of hydrogen-bond donors (Lipinski definition) is 1. The number of benzene rings is 1. The number of rotatable bonds is 4. The van der Waals surface area contributed by atoms with Gasteiger partial charge in [-0.1, -0.05) is 12.1 Å². The van der Waals surface area contributed by atoms with Crippen LogP contribution in [0.5, 0.6) is 0 Å². The Balaban J connectivity index is 2.24. The second kappa shape index (κ2) is 5.21. The predicted molar refractivity (Wildman–Crippen MR) is 57.9 cm³/mol. The van der Waals surface area contributed by atoms with Crippen LogP contribution in [0.4, 0.5) is 9.18 Å². The summed E-state index contributed by atoms with van der Waals surface area (Å²) in [6, 6.07) is 5.19. The molecule has 0 saturated heterocycles. The van der Waals surface area contributed by atoms with Crippen molar-refractivity contribution in [2.75, 3.05) is 6.61 Å². The number of ether oxygens (including phenoxy) is 1. The molecule has 0 aliphatic heterocycles. The molecule has 7 nitrogen and oxygen atoms in total.